The largest absolute Gasteiger partial charge is 0.321 e. The Morgan fingerprint density at radius 3 is 2.41 bits per heavy atom. The van der Waals surface area contributed by atoms with Crippen molar-refractivity contribution >= 4 is 27.4 Å². The Labute approximate surface area is 157 Å². The molecule has 6 nitrogen and oxygen atoms in total. The maximum atomic E-state index is 14.2. The average molecular weight is 390 g/mol. The van der Waals surface area contributed by atoms with Crippen LogP contribution in [0.4, 0.5) is 10.1 Å². The van der Waals surface area contributed by atoms with Gasteiger partial charge in [-0.25, -0.2) is 12.8 Å². The Kier molecular flexibility index (Phi) is 5.38. The number of ketones is 1. The molecule has 0 spiro atoms. The lowest BCUT2D eigenvalue weighted by atomic mass is 10.1. The second-order valence-corrected chi connectivity index (χ2v) is 8.22. The fourth-order valence-electron chi connectivity index (χ4n) is 3.00. The highest BCUT2D eigenvalue weighted by atomic mass is 32.2. The molecule has 3 rings (SSSR count). The van der Waals surface area contributed by atoms with Crippen LogP contribution in [0, 0.1) is 5.82 Å². The number of Topliss-reactive ketones (excluding diaryl/α,β-unsaturated/α-hetero) is 1. The molecule has 0 unspecified atom stereocenters. The van der Waals surface area contributed by atoms with Crippen molar-refractivity contribution in [1.29, 1.82) is 0 Å². The first-order chi connectivity index (χ1) is 12.8. The zero-order valence-electron chi connectivity index (χ0n) is 14.7. The molecule has 2 aromatic carbocycles. The van der Waals surface area contributed by atoms with Crippen molar-refractivity contribution in [3.05, 3.63) is 59.4 Å². The summed E-state index contributed by atoms with van der Waals surface area (Å²) in [5.74, 6) is -1.74. The fourth-order valence-corrected chi connectivity index (χ4v) is 4.61. The van der Waals surface area contributed by atoms with E-state index in [9.17, 15) is 22.4 Å². The monoisotopic (exact) mass is 390 g/mol. The average Bonchev–Trinajstić information content (AvgIpc) is 3.17. The van der Waals surface area contributed by atoms with Gasteiger partial charge in [-0.2, -0.15) is 4.31 Å². The molecule has 1 aliphatic heterocycles. The minimum atomic E-state index is -4.00. The zero-order valence-corrected chi connectivity index (χ0v) is 15.6. The number of nitrogens with zero attached hydrogens (tertiary/aromatic N) is 1. The summed E-state index contributed by atoms with van der Waals surface area (Å²) in [6, 6.07) is 9.69. The summed E-state index contributed by atoms with van der Waals surface area (Å²) in [6.45, 7) is 2.05. The number of nitrogens with one attached hydrogen (secondary N) is 1. The third kappa shape index (κ3) is 3.91. The lowest BCUT2D eigenvalue weighted by Gasteiger charge is -2.16. The quantitative estimate of drug-likeness (QED) is 0.796. The molecule has 0 aromatic heterocycles. The molecule has 142 valence electrons. The van der Waals surface area contributed by atoms with Gasteiger partial charge in [-0.1, -0.05) is 12.1 Å². The van der Waals surface area contributed by atoms with E-state index in [0.29, 0.717) is 24.3 Å². The highest BCUT2D eigenvalue weighted by molar-refractivity contribution is 7.89. The SMILES string of the molecule is CC(=O)c1ccccc1NC(=O)c1ccc(F)c(S(=O)(=O)N2CCCC2)c1. The van der Waals surface area contributed by atoms with Gasteiger partial charge in [0.05, 0.1) is 5.69 Å². The highest BCUT2D eigenvalue weighted by Crippen LogP contribution is 2.25. The predicted octanol–water partition coefficient (Wildman–Crippen LogP) is 3.07. The summed E-state index contributed by atoms with van der Waals surface area (Å²) in [6.07, 6.45) is 1.45. The highest BCUT2D eigenvalue weighted by Gasteiger charge is 2.30. The molecule has 27 heavy (non-hydrogen) atoms. The van der Waals surface area contributed by atoms with Crippen LogP contribution in [0.5, 0.6) is 0 Å². The van der Waals surface area contributed by atoms with Gasteiger partial charge in [-0.05, 0) is 50.1 Å². The van der Waals surface area contributed by atoms with Crippen LogP contribution in [-0.2, 0) is 10.0 Å². The first-order valence-corrected chi connectivity index (χ1v) is 9.96. The van der Waals surface area contributed by atoms with Gasteiger partial charge in [0.2, 0.25) is 10.0 Å². The zero-order chi connectivity index (χ0) is 19.6. The van der Waals surface area contributed by atoms with Crippen LogP contribution in [0.15, 0.2) is 47.4 Å². The van der Waals surface area contributed by atoms with E-state index in [1.165, 1.54) is 17.3 Å². The number of carbonyl (C=O) groups excluding carboxylic acids is 2. The van der Waals surface area contributed by atoms with Gasteiger partial charge in [0.25, 0.3) is 5.91 Å². The van der Waals surface area contributed by atoms with Gasteiger partial charge in [0.1, 0.15) is 10.7 Å². The Bertz CT molecular complexity index is 999. The van der Waals surface area contributed by atoms with Crippen LogP contribution in [-0.4, -0.2) is 37.5 Å². The number of rotatable bonds is 5. The summed E-state index contributed by atoms with van der Waals surface area (Å²) in [4.78, 5) is 23.7. The van der Waals surface area contributed by atoms with Gasteiger partial charge in [0, 0.05) is 24.2 Å². The minimum Gasteiger partial charge on any atom is -0.321 e. The predicted molar refractivity (Wildman–Crippen MR) is 98.8 cm³/mol. The van der Waals surface area contributed by atoms with Gasteiger partial charge in [-0.15, -0.1) is 0 Å². The second kappa shape index (κ2) is 7.58. The van der Waals surface area contributed by atoms with Crippen LogP contribution >= 0.6 is 0 Å². The van der Waals surface area contributed by atoms with E-state index in [1.54, 1.807) is 24.3 Å². The molecule has 8 heteroatoms. The molecule has 1 N–H and O–H groups in total. The topological polar surface area (TPSA) is 83.5 Å². The molecule has 0 aliphatic carbocycles. The number of hydrogen-bond acceptors (Lipinski definition) is 4. The summed E-state index contributed by atoms with van der Waals surface area (Å²) >= 11 is 0. The normalized spacial score (nSPS) is 14.9. The number of sulfonamides is 1. The summed E-state index contributed by atoms with van der Waals surface area (Å²) in [7, 11) is -4.00. The molecular weight excluding hydrogens is 371 g/mol. The second-order valence-electron chi connectivity index (χ2n) is 6.31. The van der Waals surface area contributed by atoms with E-state index in [-0.39, 0.29) is 11.3 Å². The van der Waals surface area contributed by atoms with Gasteiger partial charge in [-0.3, -0.25) is 9.59 Å². The molecule has 1 aliphatic rings. The number of carbonyl (C=O) groups is 2. The summed E-state index contributed by atoms with van der Waals surface area (Å²) in [5.41, 5.74) is 0.633. The van der Waals surface area contributed by atoms with Crippen LogP contribution in [0.1, 0.15) is 40.5 Å². The molecule has 0 radical (unpaired) electrons. The lowest BCUT2D eigenvalue weighted by Crippen LogP contribution is -2.29. The number of para-hydroxylation sites is 1. The number of amides is 1. The van der Waals surface area contributed by atoms with Gasteiger partial charge < -0.3 is 5.32 Å². The van der Waals surface area contributed by atoms with Crippen molar-refractivity contribution in [1.82, 2.24) is 4.31 Å². The first kappa shape index (κ1) is 19.2. The molecule has 0 saturated carbocycles. The Morgan fingerprint density at radius 2 is 1.74 bits per heavy atom. The van der Waals surface area contributed by atoms with Crippen molar-refractivity contribution in [2.24, 2.45) is 0 Å². The standard InChI is InChI=1S/C19H19FN2O4S/c1-13(23)15-6-2-3-7-17(15)21-19(24)14-8-9-16(20)18(12-14)27(25,26)22-10-4-5-11-22/h2-3,6-9,12H,4-5,10-11H2,1H3,(H,21,24). The molecule has 0 atom stereocenters. The number of benzene rings is 2. The van der Waals surface area contributed by atoms with E-state index < -0.39 is 26.6 Å². The number of hydrogen-bond donors (Lipinski definition) is 1. The van der Waals surface area contributed by atoms with E-state index in [4.69, 9.17) is 0 Å². The smallest absolute Gasteiger partial charge is 0.255 e. The number of halogens is 1. The first-order valence-electron chi connectivity index (χ1n) is 8.52. The molecule has 1 amide bonds. The maximum absolute atomic E-state index is 14.2. The van der Waals surface area contributed by atoms with Crippen molar-refractivity contribution < 1.29 is 22.4 Å². The van der Waals surface area contributed by atoms with Crippen molar-refractivity contribution in [2.45, 2.75) is 24.7 Å². The van der Waals surface area contributed by atoms with Crippen molar-refractivity contribution in [2.75, 3.05) is 18.4 Å². The van der Waals surface area contributed by atoms with Crippen LogP contribution in [0.25, 0.3) is 0 Å². The summed E-state index contributed by atoms with van der Waals surface area (Å²) < 4.78 is 40.7. The molecule has 2 aromatic rings. The van der Waals surface area contributed by atoms with Crippen LogP contribution in [0.2, 0.25) is 0 Å². The van der Waals surface area contributed by atoms with E-state index in [0.717, 1.165) is 25.0 Å². The van der Waals surface area contributed by atoms with Crippen molar-refractivity contribution in [3.8, 4) is 0 Å². The Hall–Kier alpha value is -2.58. The third-order valence-electron chi connectivity index (χ3n) is 4.43. The Balaban J connectivity index is 1.92. The molecule has 0 bridgehead atoms. The third-order valence-corrected chi connectivity index (χ3v) is 6.34. The number of anilines is 1. The molecule has 1 heterocycles. The lowest BCUT2D eigenvalue weighted by molar-refractivity contribution is 0.101. The van der Waals surface area contributed by atoms with Crippen molar-refractivity contribution in [3.63, 3.8) is 0 Å². The van der Waals surface area contributed by atoms with E-state index >= 15 is 0 Å². The molecule has 1 saturated heterocycles. The van der Waals surface area contributed by atoms with Gasteiger partial charge in [0.15, 0.2) is 5.78 Å². The van der Waals surface area contributed by atoms with Crippen LogP contribution in [0.3, 0.4) is 0 Å². The van der Waals surface area contributed by atoms with E-state index in [2.05, 4.69) is 5.32 Å². The Morgan fingerprint density at radius 1 is 1.07 bits per heavy atom. The maximum Gasteiger partial charge on any atom is 0.255 e. The van der Waals surface area contributed by atoms with Crippen LogP contribution < -0.4 is 5.32 Å². The van der Waals surface area contributed by atoms with Gasteiger partial charge >= 0.3 is 0 Å². The molecule has 1 fully saturated rings. The van der Waals surface area contributed by atoms with E-state index in [1.807, 2.05) is 0 Å². The summed E-state index contributed by atoms with van der Waals surface area (Å²) in [5, 5.41) is 2.59. The molecular formula is C19H19FN2O4S. The minimum absolute atomic E-state index is 0.00692. The fraction of sp³-hybridized carbons (Fsp3) is 0.263.